The lowest BCUT2D eigenvalue weighted by Gasteiger charge is -2.39. The Morgan fingerprint density at radius 2 is 1.65 bits per heavy atom. The lowest BCUT2D eigenvalue weighted by molar-refractivity contribution is -0.150. The van der Waals surface area contributed by atoms with Crippen molar-refractivity contribution in [2.24, 2.45) is 5.92 Å². The Bertz CT molecular complexity index is 400. The number of amides is 1. The minimum absolute atomic E-state index is 0.00148. The highest BCUT2D eigenvalue weighted by molar-refractivity contribution is 5.81. The molecule has 0 radical (unpaired) electrons. The molecule has 1 atom stereocenters. The van der Waals surface area contributed by atoms with Gasteiger partial charge in [-0.2, -0.15) is 0 Å². The van der Waals surface area contributed by atoms with Crippen LogP contribution < -0.4 is 0 Å². The number of carbonyl (C=O) groups excluding carboxylic acids is 2. The molecule has 2 saturated heterocycles. The lowest BCUT2D eigenvalue weighted by atomic mass is 9.96. The Hall–Kier alpha value is -1.14. The van der Waals surface area contributed by atoms with Crippen molar-refractivity contribution in [3.8, 4) is 0 Å². The zero-order valence-corrected chi connectivity index (χ0v) is 14.8. The van der Waals surface area contributed by atoms with Crippen molar-refractivity contribution in [1.82, 2.24) is 14.7 Å². The molecular weight excluding hydrogens is 294 g/mol. The van der Waals surface area contributed by atoms with E-state index in [1.807, 2.05) is 18.7 Å². The Morgan fingerprint density at radius 3 is 2.17 bits per heavy atom. The highest BCUT2D eigenvalue weighted by Gasteiger charge is 2.32. The molecule has 0 spiro atoms. The standard InChI is InChI=1S/C17H31N3O3/c1-4-18-10-12-20(13-11-18)16(21)14(3)19-8-6-15(7-9-19)17(22)23-5-2/h14-15H,4-13H2,1-3H3. The summed E-state index contributed by atoms with van der Waals surface area (Å²) < 4.78 is 5.10. The van der Waals surface area contributed by atoms with Gasteiger partial charge in [-0.05, 0) is 46.3 Å². The van der Waals surface area contributed by atoms with Crippen LogP contribution in [0.5, 0.6) is 0 Å². The first-order valence-electron chi connectivity index (χ1n) is 8.98. The number of nitrogens with zero attached hydrogens (tertiary/aromatic N) is 3. The van der Waals surface area contributed by atoms with E-state index >= 15 is 0 Å². The summed E-state index contributed by atoms with van der Waals surface area (Å²) in [5, 5.41) is 0. The van der Waals surface area contributed by atoms with Crippen molar-refractivity contribution in [3.05, 3.63) is 0 Å². The van der Waals surface area contributed by atoms with E-state index in [1.54, 1.807) is 0 Å². The predicted molar refractivity (Wildman–Crippen MR) is 89.1 cm³/mol. The summed E-state index contributed by atoms with van der Waals surface area (Å²) in [5.41, 5.74) is 0. The van der Waals surface area contributed by atoms with Crippen LogP contribution in [0.25, 0.3) is 0 Å². The Balaban J connectivity index is 1.79. The average molecular weight is 325 g/mol. The van der Waals surface area contributed by atoms with Crippen LogP contribution in [-0.4, -0.2) is 85.0 Å². The maximum absolute atomic E-state index is 12.7. The highest BCUT2D eigenvalue weighted by Crippen LogP contribution is 2.21. The van der Waals surface area contributed by atoms with Crippen LogP contribution in [0.4, 0.5) is 0 Å². The molecule has 23 heavy (non-hydrogen) atoms. The molecule has 132 valence electrons. The summed E-state index contributed by atoms with van der Waals surface area (Å²) in [5.74, 6) is 0.152. The van der Waals surface area contributed by atoms with E-state index in [2.05, 4.69) is 16.7 Å². The first-order chi connectivity index (χ1) is 11.1. The summed E-state index contributed by atoms with van der Waals surface area (Å²) >= 11 is 0. The van der Waals surface area contributed by atoms with Gasteiger partial charge >= 0.3 is 5.97 Å². The van der Waals surface area contributed by atoms with Crippen LogP contribution in [0.15, 0.2) is 0 Å². The molecule has 0 aromatic heterocycles. The molecule has 0 aromatic rings. The van der Waals surface area contributed by atoms with Crippen LogP contribution in [0.1, 0.15) is 33.6 Å². The number of esters is 1. The Kier molecular flexibility index (Phi) is 6.84. The zero-order chi connectivity index (χ0) is 16.8. The molecule has 0 N–H and O–H groups in total. The monoisotopic (exact) mass is 325 g/mol. The van der Waals surface area contributed by atoms with E-state index in [9.17, 15) is 9.59 Å². The first-order valence-corrected chi connectivity index (χ1v) is 8.98. The van der Waals surface area contributed by atoms with Crippen molar-refractivity contribution in [2.75, 3.05) is 52.4 Å². The second-order valence-corrected chi connectivity index (χ2v) is 6.50. The van der Waals surface area contributed by atoms with Gasteiger partial charge in [0.05, 0.1) is 18.6 Å². The SMILES string of the molecule is CCOC(=O)C1CCN(C(C)C(=O)N2CCN(CC)CC2)CC1. The first kappa shape index (κ1) is 18.2. The van der Waals surface area contributed by atoms with Crippen LogP contribution in [0.3, 0.4) is 0 Å². The third-order valence-electron chi connectivity index (χ3n) is 5.19. The van der Waals surface area contributed by atoms with Crippen molar-refractivity contribution in [3.63, 3.8) is 0 Å². The number of likely N-dealkylation sites (tertiary alicyclic amines) is 1. The summed E-state index contributed by atoms with van der Waals surface area (Å²) in [4.78, 5) is 31.1. The van der Waals surface area contributed by atoms with E-state index in [-0.39, 0.29) is 23.8 Å². The van der Waals surface area contributed by atoms with Crippen molar-refractivity contribution < 1.29 is 14.3 Å². The Labute approximate surface area is 139 Å². The predicted octanol–water partition coefficient (Wildman–Crippen LogP) is 0.814. The molecule has 1 unspecified atom stereocenters. The molecule has 6 nitrogen and oxygen atoms in total. The minimum atomic E-state index is -0.0914. The molecule has 0 bridgehead atoms. The summed E-state index contributed by atoms with van der Waals surface area (Å²) in [6.45, 7) is 12.7. The number of carbonyl (C=O) groups is 2. The normalized spacial score (nSPS) is 22.8. The average Bonchev–Trinajstić information content (AvgIpc) is 2.61. The van der Waals surface area contributed by atoms with E-state index < -0.39 is 0 Å². The van der Waals surface area contributed by atoms with Crippen molar-refractivity contribution in [2.45, 2.75) is 39.7 Å². The van der Waals surface area contributed by atoms with E-state index in [1.165, 1.54) is 0 Å². The van der Waals surface area contributed by atoms with Crippen molar-refractivity contribution in [1.29, 1.82) is 0 Å². The molecule has 0 aliphatic carbocycles. The van der Waals surface area contributed by atoms with Crippen LogP contribution in [0, 0.1) is 5.92 Å². The van der Waals surface area contributed by atoms with Crippen LogP contribution in [-0.2, 0) is 14.3 Å². The van der Waals surface area contributed by atoms with Gasteiger partial charge in [-0.1, -0.05) is 6.92 Å². The molecule has 0 saturated carbocycles. The smallest absolute Gasteiger partial charge is 0.309 e. The maximum Gasteiger partial charge on any atom is 0.309 e. The number of hydrogen-bond donors (Lipinski definition) is 0. The van der Waals surface area contributed by atoms with Gasteiger partial charge in [0.1, 0.15) is 0 Å². The lowest BCUT2D eigenvalue weighted by Crippen LogP contribution is -2.55. The van der Waals surface area contributed by atoms with Crippen molar-refractivity contribution >= 4 is 11.9 Å². The van der Waals surface area contributed by atoms with Gasteiger partial charge < -0.3 is 14.5 Å². The molecule has 2 heterocycles. The van der Waals surface area contributed by atoms with Gasteiger partial charge in [-0.15, -0.1) is 0 Å². The highest BCUT2D eigenvalue weighted by atomic mass is 16.5. The van der Waals surface area contributed by atoms with Gasteiger partial charge in [0.15, 0.2) is 0 Å². The molecule has 2 aliphatic heterocycles. The van der Waals surface area contributed by atoms with Crippen LogP contribution in [0.2, 0.25) is 0 Å². The van der Waals surface area contributed by atoms with E-state index in [0.717, 1.165) is 58.7 Å². The second kappa shape index (κ2) is 8.64. The largest absolute Gasteiger partial charge is 0.466 e. The maximum atomic E-state index is 12.7. The third kappa shape index (κ3) is 4.67. The number of ether oxygens (including phenoxy) is 1. The molecule has 6 heteroatoms. The number of piperazine rings is 1. The van der Waals surface area contributed by atoms with E-state index in [0.29, 0.717) is 6.61 Å². The molecule has 2 rings (SSSR count). The van der Waals surface area contributed by atoms with E-state index in [4.69, 9.17) is 4.74 Å². The van der Waals surface area contributed by atoms with Crippen LogP contribution >= 0.6 is 0 Å². The third-order valence-corrected chi connectivity index (χ3v) is 5.19. The fourth-order valence-electron chi connectivity index (χ4n) is 3.49. The van der Waals surface area contributed by atoms with Gasteiger partial charge in [-0.25, -0.2) is 0 Å². The molecule has 0 aromatic carbocycles. The Morgan fingerprint density at radius 1 is 1.04 bits per heavy atom. The second-order valence-electron chi connectivity index (χ2n) is 6.50. The fourth-order valence-corrected chi connectivity index (χ4v) is 3.49. The van der Waals surface area contributed by atoms with Gasteiger partial charge in [-0.3, -0.25) is 14.5 Å². The fraction of sp³-hybridized carbons (Fsp3) is 0.882. The quantitative estimate of drug-likeness (QED) is 0.700. The molecule has 2 aliphatic rings. The van der Waals surface area contributed by atoms with Gasteiger partial charge in [0.25, 0.3) is 0 Å². The minimum Gasteiger partial charge on any atom is -0.466 e. The summed E-state index contributed by atoms with van der Waals surface area (Å²) in [7, 11) is 0. The number of likely N-dealkylation sites (N-methyl/N-ethyl adjacent to an activating group) is 1. The van der Waals surface area contributed by atoms with Gasteiger partial charge in [0.2, 0.25) is 5.91 Å². The topological polar surface area (TPSA) is 53.1 Å². The molecule has 2 fully saturated rings. The number of hydrogen-bond acceptors (Lipinski definition) is 5. The summed E-state index contributed by atoms with van der Waals surface area (Å²) in [6.07, 6.45) is 1.58. The summed E-state index contributed by atoms with van der Waals surface area (Å²) in [6, 6.07) is -0.0914. The molecular formula is C17H31N3O3. The zero-order valence-electron chi connectivity index (χ0n) is 14.8. The number of piperidine rings is 1. The number of rotatable bonds is 5. The molecule has 1 amide bonds. The van der Waals surface area contributed by atoms with Gasteiger partial charge in [0, 0.05) is 26.2 Å².